The average molecular weight is 323 g/mol. The first-order valence-electron chi connectivity index (χ1n) is 9.16. The highest BCUT2D eigenvalue weighted by molar-refractivity contribution is 5.67. The minimum Gasteiger partial charge on any atom is -0.449 e. The molecule has 0 spiro atoms. The van der Waals surface area contributed by atoms with Crippen LogP contribution in [0.3, 0.4) is 0 Å². The molecule has 1 N–H and O–H groups in total. The minimum absolute atomic E-state index is 0.0992. The molecule has 132 valence electrons. The van der Waals surface area contributed by atoms with E-state index in [9.17, 15) is 4.79 Å². The number of carbonyl (C=O) groups excluding carboxylic acids is 1. The number of hydrogen-bond acceptors (Lipinski definition) is 3. The molecule has 0 aromatic carbocycles. The molecule has 4 heteroatoms. The van der Waals surface area contributed by atoms with Gasteiger partial charge in [-0.15, -0.1) is 0 Å². The molecule has 2 bridgehead atoms. The average Bonchev–Trinajstić information content (AvgIpc) is 2.51. The van der Waals surface area contributed by atoms with Crippen molar-refractivity contribution in [3.8, 4) is 0 Å². The van der Waals surface area contributed by atoms with Crippen molar-refractivity contribution < 1.29 is 14.3 Å². The summed E-state index contributed by atoms with van der Waals surface area (Å²) in [6, 6.07) is 0. The molecule has 1 amide bonds. The number of rotatable bonds is 6. The number of hydrogen-bond donors (Lipinski definition) is 1. The summed E-state index contributed by atoms with van der Waals surface area (Å²) in [6.45, 7) is 12.8. The molecule has 0 aromatic heterocycles. The molecule has 1 saturated heterocycles. The molecule has 2 aliphatic rings. The molecule has 0 saturated carbocycles. The number of nitrogens with one attached hydrogen (secondary N) is 1. The van der Waals surface area contributed by atoms with E-state index in [1.807, 2.05) is 6.92 Å². The maximum atomic E-state index is 11.9. The second-order valence-corrected chi connectivity index (χ2v) is 7.39. The molecule has 4 nitrogen and oxygen atoms in total. The van der Waals surface area contributed by atoms with Crippen LogP contribution in [-0.2, 0) is 9.47 Å². The zero-order chi connectivity index (χ0) is 17.0. The van der Waals surface area contributed by atoms with Crippen LogP contribution in [0.1, 0.15) is 53.9 Å². The summed E-state index contributed by atoms with van der Waals surface area (Å²) in [7, 11) is 0. The lowest BCUT2D eigenvalue weighted by Crippen LogP contribution is -2.57. The van der Waals surface area contributed by atoms with Gasteiger partial charge >= 0.3 is 6.09 Å². The van der Waals surface area contributed by atoms with Gasteiger partial charge in [-0.3, -0.25) is 0 Å². The van der Waals surface area contributed by atoms with E-state index in [0.29, 0.717) is 43.6 Å². The Morgan fingerprint density at radius 3 is 2.78 bits per heavy atom. The van der Waals surface area contributed by atoms with E-state index in [0.717, 1.165) is 19.3 Å². The molecule has 2 rings (SSSR count). The van der Waals surface area contributed by atoms with Gasteiger partial charge in [0.25, 0.3) is 0 Å². The second kappa shape index (κ2) is 7.69. The van der Waals surface area contributed by atoms with Gasteiger partial charge in [-0.1, -0.05) is 45.8 Å². The third-order valence-electron chi connectivity index (χ3n) is 5.92. The van der Waals surface area contributed by atoms with Gasteiger partial charge in [0.05, 0.1) is 12.7 Å². The normalized spacial score (nSPS) is 36.3. The van der Waals surface area contributed by atoms with Gasteiger partial charge < -0.3 is 14.8 Å². The summed E-state index contributed by atoms with van der Waals surface area (Å²) in [5.41, 5.74) is 1.34. The van der Waals surface area contributed by atoms with Gasteiger partial charge in [-0.05, 0) is 31.6 Å². The largest absolute Gasteiger partial charge is 0.449 e. The molecule has 1 aliphatic heterocycles. The zero-order valence-electron chi connectivity index (χ0n) is 15.4. The van der Waals surface area contributed by atoms with Crippen LogP contribution in [0.5, 0.6) is 0 Å². The van der Waals surface area contributed by atoms with Crippen LogP contribution in [0.2, 0.25) is 0 Å². The third-order valence-corrected chi connectivity index (χ3v) is 5.92. The predicted octanol–water partition coefficient (Wildman–Crippen LogP) is 4.16. The predicted molar refractivity (Wildman–Crippen MR) is 92.3 cm³/mol. The van der Waals surface area contributed by atoms with Crippen molar-refractivity contribution in [3.63, 3.8) is 0 Å². The van der Waals surface area contributed by atoms with E-state index in [1.54, 1.807) is 0 Å². The van der Waals surface area contributed by atoms with Crippen LogP contribution in [0, 0.1) is 23.2 Å². The van der Waals surface area contributed by atoms with E-state index in [4.69, 9.17) is 9.47 Å². The third kappa shape index (κ3) is 3.57. The first-order valence-corrected chi connectivity index (χ1v) is 9.16. The molecule has 5 atom stereocenters. The topological polar surface area (TPSA) is 47.6 Å². The van der Waals surface area contributed by atoms with Gasteiger partial charge in [0.2, 0.25) is 0 Å². The van der Waals surface area contributed by atoms with Crippen molar-refractivity contribution in [3.05, 3.63) is 11.6 Å². The molecule has 1 heterocycles. The Morgan fingerprint density at radius 1 is 1.39 bits per heavy atom. The summed E-state index contributed by atoms with van der Waals surface area (Å²) in [5.74, 6) is 1.27. The summed E-state index contributed by atoms with van der Waals surface area (Å²) >= 11 is 0. The van der Waals surface area contributed by atoms with E-state index < -0.39 is 0 Å². The zero-order valence-corrected chi connectivity index (χ0v) is 15.4. The molecule has 0 aromatic rings. The number of fused-ring (bicyclic) bond motifs is 2. The molecule has 23 heavy (non-hydrogen) atoms. The first kappa shape index (κ1) is 18.3. The lowest BCUT2D eigenvalue weighted by atomic mass is 9.56. The Hall–Kier alpha value is -1.03. The van der Waals surface area contributed by atoms with Crippen LogP contribution in [0.15, 0.2) is 11.6 Å². The quantitative estimate of drug-likeness (QED) is 0.747. The fourth-order valence-electron chi connectivity index (χ4n) is 4.41. The number of alkyl carbamates (subject to hydrolysis) is 1. The lowest BCUT2D eigenvalue weighted by Gasteiger charge is -2.55. The summed E-state index contributed by atoms with van der Waals surface area (Å²) < 4.78 is 11.8. The Balaban J connectivity index is 2.12. The van der Waals surface area contributed by atoms with Crippen LogP contribution < -0.4 is 5.32 Å². The van der Waals surface area contributed by atoms with Crippen molar-refractivity contribution in [1.82, 2.24) is 5.32 Å². The highest BCUT2D eigenvalue weighted by Crippen LogP contribution is 2.53. The summed E-state index contributed by atoms with van der Waals surface area (Å²) in [5, 5.41) is 2.79. The fourth-order valence-corrected chi connectivity index (χ4v) is 4.41. The number of allylic oxidation sites excluding steroid dienone is 1. The Labute approximate surface area is 141 Å². The second-order valence-electron chi connectivity index (χ2n) is 7.39. The monoisotopic (exact) mass is 323 g/mol. The number of carbonyl (C=O) groups is 1. The van der Waals surface area contributed by atoms with Gasteiger partial charge in [0.15, 0.2) is 0 Å². The van der Waals surface area contributed by atoms with Crippen molar-refractivity contribution in [2.75, 3.05) is 19.8 Å². The summed E-state index contributed by atoms with van der Waals surface area (Å²) in [6.07, 6.45) is 5.53. The van der Waals surface area contributed by atoms with Crippen LogP contribution in [-0.4, -0.2) is 32.0 Å². The number of amides is 1. The minimum atomic E-state index is -0.306. The van der Waals surface area contributed by atoms with Crippen molar-refractivity contribution in [2.45, 2.75) is 60.0 Å². The molecular formula is C19H33NO3. The van der Waals surface area contributed by atoms with Crippen molar-refractivity contribution >= 4 is 6.09 Å². The molecule has 1 aliphatic carbocycles. The van der Waals surface area contributed by atoms with E-state index in [1.165, 1.54) is 5.57 Å². The Kier molecular flexibility index (Phi) is 6.12. The van der Waals surface area contributed by atoms with E-state index in [-0.39, 0.29) is 11.5 Å². The maximum absolute atomic E-state index is 11.9. The maximum Gasteiger partial charge on any atom is 0.407 e. The van der Waals surface area contributed by atoms with Crippen molar-refractivity contribution in [2.24, 2.45) is 23.2 Å². The fraction of sp³-hybridized carbons (Fsp3) is 0.842. The van der Waals surface area contributed by atoms with Gasteiger partial charge in [0.1, 0.15) is 6.61 Å². The van der Waals surface area contributed by atoms with Crippen molar-refractivity contribution in [1.29, 1.82) is 0 Å². The summed E-state index contributed by atoms with van der Waals surface area (Å²) in [4.78, 5) is 11.9. The van der Waals surface area contributed by atoms with Crippen LogP contribution >= 0.6 is 0 Å². The smallest absolute Gasteiger partial charge is 0.407 e. The standard InChI is InChI=1S/C19H33NO3/c1-6-8-16-17-13(3)10-14(4)19(11-22-16,15(17)5)12-23-18(21)20-9-7-2/h10,14-17H,6-9,11-12H2,1-5H3,(H,20,21)/t14-,15+,16-,17-,19+/m0/s1. The van der Waals surface area contributed by atoms with E-state index in [2.05, 4.69) is 39.1 Å². The molecule has 0 radical (unpaired) electrons. The molecular weight excluding hydrogens is 290 g/mol. The number of ether oxygens (including phenoxy) is 2. The highest BCUT2D eigenvalue weighted by Gasteiger charge is 2.53. The van der Waals surface area contributed by atoms with E-state index >= 15 is 0 Å². The van der Waals surface area contributed by atoms with Crippen LogP contribution in [0.25, 0.3) is 0 Å². The van der Waals surface area contributed by atoms with Gasteiger partial charge in [0, 0.05) is 17.9 Å². The Morgan fingerprint density at radius 2 is 2.13 bits per heavy atom. The first-order chi connectivity index (χ1) is 11.0. The van der Waals surface area contributed by atoms with Gasteiger partial charge in [-0.2, -0.15) is 0 Å². The highest BCUT2D eigenvalue weighted by atomic mass is 16.6. The molecule has 1 fully saturated rings. The Bertz CT molecular complexity index is 448. The SMILES string of the molecule is CCCNC(=O)OC[C@]12CO[C@@H](CCC)[C@@H](C(C)=C[C@@H]1C)[C@H]2C. The molecule has 0 unspecified atom stereocenters. The van der Waals surface area contributed by atoms with Crippen LogP contribution in [0.4, 0.5) is 4.79 Å². The lowest BCUT2D eigenvalue weighted by molar-refractivity contribution is -0.164. The van der Waals surface area contributed by atoms with Gasteiger partial charge in [-0.25, -0.2) is 4.79 Å².